The molecule has 1 aromatic carbocycles. The monoisotopic (exact) mass is 324 g/mol. The summed E-state index contributed by atoms with van der Waals surface area (Å²) in [6.07, 6.45) is 0. The maximum absolute atomic E-state index is 12.3. The maximum atomic E-state index is 12.3. The van der Waals surface area contributed by atoms with Crippen molar-refractivity contribution in [3.8, 4) is 11.4 Å². The molecular formula is C17H16N4O3. The minimum absolute atomic E-state index is 0.164. The Kier molecular flexibility index (Phi) is 4.24. The van der Waals surface area contributed by atoms with E-state index in [4.69, 9.17) is 4.52 Å². The molecule has 24 heavy (non-hydrogen) atoms. The molecule has 0 saturated carbocycles. The molecule has 7 nitrogen and oxygen atoms in total. The number of amides is 1. The van der Waals surface area contributed by atoms with Gasteiger partial charge in [-0.15, -0.1) is 0 Å². The largest absolute Gasteiger partial charge is 0.360 e. The van der Waals surface area contributed by atoms with E-state index < -0.39 is 0 Å². The number of carbonyl (C=O) groups is 1. The van der Waals surface area contributed by atoms with E-state index in [1.165, 1.54) is 10.6 Å². The molecule has 122 valence electrons. The quantitative estimate of drug-likeness (QED) is 0.794. The lowest BCUT2D eigenvalue weighted by Crippen LogP contribution is -2.29. The number of benzene rings is 1. The number of nitrogens with one attached hydrogen (secondary N) is 1. The van der Waals surface area contributed by atoms with Crippen molar-refractivity contribution >= 4 is 11.7 Å². The third-order valence-corrected chi connectivity index (χ3v) is 3.37. The van der Waals surface area contributed by atoms with Crippen LogP contribution in [-0.2, 0) is 11.3 Å². The second-order valence-corrected chi connectivity index (χ2v) is 5.38. The smallest absolute Gasteiger partial charge is 0.254 e. The predicted octanol–water partition coefficient (Wildman–Crippen LogP) is 2.15. The van der Waals surface area contributed by atoms with Gasteiger partial charge in [0.2, 0.25) is 5.91 Å². The molecule has 0 spiro atoms. The Morgan fingerprint density at radius 1 is 1.21 bits per heavy atom. The number of rotatable bonds is 4. The predicted molar refractivity (Wildman–Crippen MR) is 88.5 cm³/mol. The van der Waals surface area contributed by atoms with Crippen molar-refractivity contribution in [2.24, 2.45) is 0 Å². The Labute approximate surface area is 137 Å². The van der Waals surface area contributed by atoms with Crippen molar-refractivity contribution in [1.29, 1.82) is 0 Å². The van der Waals surface area contributed by atoms with E-state index in [1.807, 2.05) is 30.3 Å². The lowest BCUT2D eigenvalue weighted by molar-refractivity contribution is -0.116. The summed E-state index contributed by atoms with van der Waals surface area (Å²) in [5.74, 6) is 0.969. The van der Waals surface area contributed by atoms with E-state index >= 15 is 0 Å². The van der Waals surface area contributed by atoms with Crippen molar-refractivity contribution in [1.82, 2.24) is 14.7 Å². The molecule has 0 fully saturated rings. The first-order valence-electron chi connectivity index (χ1n) is 7.40. The Morgan fingerprint density at radius 2 is 1.96 bits per heavy atom. The lowest BCUT2D eigenvalue weighted by Gasteiger charge is -2.12. The molecule has 0 aliphatic rings. The van der Waals surface area contributed by atoms with E-state index in [1.54, 1.807) is 19.9 Å². The molecule has 3 aromatic rings. The normalized spacial score (nSPS) is 10.6. The molecule has 2 heterocycles. The highest BCUT2D eigenvalue weighted by molar-refractivity contribution is 5.89. The van der Waals surface area contributed by atoms with Gasteiger partial charge in [-0.25, -0.2) is 4.98 Å². The van der Waals surface area contributed by atoms with Gasteiger partial charge in [0.25, 0.3) is 5.56 Å². The zero-order valence-electron chi connectivity index (χ0n) is 13.3. The van der Waals surface area contributed by atoms with Gasteiger partial charge >= 0.3 is 0 Å². The summed E-state index contributed by atoms with van der Waals surface area (Å²) in [6, 6.07) is 12.3. The first kappa shape index (κ1) is 15.7. The third-order valence-electron chi connectivity index (χ3n) is 3.37. The summed E-state index contributed by atoms with van der Waals surface area (Å²) >= 11 is 0. The van der Waals surface area contributed by atoms with Crippen LogP contribution in [0.1, 0.15) is 11.5 Å². The maximum Gasteiger partial charge on any atom is 0.254 e. The van der Waals surface area contributed by atoms with Gasteiger partial charge in [-0.05, 0) is 13.8 Å². The fraction of sp³-hybridized carbons (Fsp3) is 0.176. The van der Waals surface area contributed by atoms with Crippen molar-refractivity contribution < 1.29 is 9.32 Å². The van der Waals surface area contributed by atoms with Gasteiger partial charge in [-0.2, -0.15) is 0 Å². The van der Waals surface area contributed by atoms with Crippen LogP contribution in [0.5, 0.6) is 0 Å². The molecular weight excluding hydrogens is 308 g/mol. The molecule has 0 saturated heterocycles. The number of hydrogen-bond acceptors (Lipinski definition) is 5. The number of aryl methyl sites for hydroxylation is 2. The molecule has 7 heteroatoms. The van der Waals surface area contributed by atoms with Gasteiger partial charge in [0.1, 0.15) is 18.1 Å². The number of aromatic nitrogens is 3. The van der Waals surface area contributed by atoms with Crippen LogP contribution in [0.3, 0.4) is 0 Å². The van der Waals surface area contributed by atoms with Crippen molar-refractivity contribution in [3.05, 3.63) is 64.3 Å². The summed E-state index contributed by atoms with van der Waals surface area (Å²) < 4.78 is 6.24. The van der Waals surface area contributed by atoms with Crippen molar-refractivity contribution in [3.63, 3.8) is 0 Å². The topological polar surface area (TPSA) is 90.0 Å². The fourth-order valence-electron chi connectivity index (χ4n) is 2.33. The number of hydrogen-bond donors (Lipinski definition) is 1. The van der Waals surface area contributed by atoms with Crippen molar-refractivity contribution in [2.45, 2.75) is 20.4 Å². The van der Waals surface area contributed by atoms with Crippen LogP contribution < -0.4 is 10.9 Å². The van der Waals surface area contributed by atoms with E-state index in [0.717, 1.165) is 5.56 Å². The van der Waals surface area contributed by atoms with Gasteiger partial charge < -0.3 is 9.84 Å². The highest BCUT2D eigenvalue weighted by Gasteiger charge is 2.14. The zero-order valence-corrected chi connectivity index (χ0v) is 13.3. The summed E-state index contributed by atoms with van der Waals surface area (Å²) in [6.45, 7) is 3.31. The van der Waals surface area contributed by atoms with Gasteiger partial charge in [0.15, 0.2) is 5.82 Å². The van der Waals surface area contributed by atoms with Crippen LogP contribution in [-0.4, -0.2) is 20.6 Å². The zero-order chi connectivity index (χ0) is 17.1. The van der Waals surface area contributed by atoms with Gasteiger partial charge in [0, 0.05) is 23.4 Å². The van der Waals surface area contributed by atoms with Crippen LogP contribution >= 0.6 is 0 Å². The standard InChI is InChI=1S/C17H16N4O3/c1-11-8-16(23)21(17(18-11)13-6-4-3-5-7-13)10-15(22)19-14-9-12(2)24-20-14/h3-9H,10H2,1-2H3,(H,19,20,22). The highest BCUT2D eigenvalue weighted by Crippen LogP contribution is 2.15. The molecule has 0 aliphatic heterocycles. The summed E-state index contributed by atoms with van der Waals surface area (Å²) in [7, 11) is 0. The highest BCUT2D eigenvalue weighted by atomic mass is 16.5. The molecule has 0 aliphatic carbocycles. The molecule has 1 N–H and O–H groups in total. The average molecular weight is 324 g/mol. The van der Waals surface area contributed by atoms with E-state index in [0.29, 0.717) is 23.1 Å². The van der Waals surface area contributed by atoms with E-state index in [2.05, 4.69) is 15.5 Å². The first-order chi connectivity index (χ1) is 11.5. The lowest BCUT2D eigenvalue weighted by atomic mass is 10.2. The van der Waals surface area contributed by atoms with E-state index in [-0.39, 0.29) is 18.0 Å². The van der Waals surface area contributed by atoms with Crippen molar-refractivity contribution in [2.75, 3.05) is 5.32 Å². The molecule has 0 radical (unpaired) electrons. The Morgan fingerprint density at radius 3 is 2.62 bits per heavy atom. The summed E-state index contributed by atoms with van der Waals surface area (Å²) in [5.41, 5.74) is 1.08. The molecule has 2 aromatic heterocycles. The number of anilines is 1. The second kappa shape index (κ2) is 6.49. The number of nitrogens with zero attached hydrogens (tertiary/aromatic N) is 3. The van der Waals surface area contributed by atoms with Crippen LogP contribution in [0.15, 0.2) is 51.8 Å². The average Bonchev–Trinajstić information content (AvgIpc) is 2.95. The second-order valence-electron chi connectivity index (χ2n) is 5.38. The van der Waals surface area contributed by atoms with Crippen LogP contribution in [0.25, 0.3) is 11.4 Å². The van der Waals surface area contributed by atoms with E-state index in [9.17, 15) is 9.59 Å². The van der Waals surface area contributed by atoms with Gasteiger partial charge in [-0.1, -0.05) is 35.5 Å². The molecule has 0 unspecified atom stereocenters. The van der Waals surface area contributed by atoms with Gasteiger partial charge in [-0.3, -0.25) is 14.2 Å². The molecule has 0 bridgehead atoms. The summed E-state index contributed by atoms with van der Waals surface area (Å²) in [4.78, 5) is 29.0. The SMILES string of the molecule is Cc1cc(=O)n(CC(=O)Nc2cc(C)on2)c(-c2ccccc2)n1. The minimum atomic E-state index is -0.381. The first-order valence-corrected chi connectivity index (χ1v) is 7.40. The van der Waals surface area contributed by atoms with Gasteiger partial charge in [0.05, 0.1) is 0 Å². The van der Waals surface area contributed by atoms with Crippen LogP contribution in [0, 0.1) is 13.8 Å². The van der Waals surface area contributed by atoms with Crippen LogP contribution in [0.2, 0.25) is 0 Å². The molecule has 3 rings (SSSR count). The Bertz CT molecular complexity index is 929. The minimum Gasteiger partial charge on any atom is -0.360 e. The fourth-order valence-corrected chi connectivity index (χ4v) is 2.33. The third kappa shape index (κ3) is 3.40. The Hall–Kier alpha value is -3.22. The molecule has 0 atom stereocenters. The Balaban J connectivity index is 1.92. The molecule has 1 amide bonds. The number of carbonyl (C=O) groups excluding carboxylic acids is 1. The van der Waals surface area contributed by atoms with Crippen LogP contribution in [0.4, 0.5) is 5.82 Å². The summed E-state index contributed by atoms with van der Waals surface area (Å²) in [5, 5.41) is 6.31.